The average molecular weight is 290 g/mol. The predicted molar refractivity (Wildman–Crippen MR) is 92.8 cm³/mol. The second-order valence-electron chi connectivity index (χ2n) is 8.11. The van der Waals surface area contributed by atoms with E-state index in [1.807, 2.05) is 34.6 Å². The van der Waals surface area contributed by atoms with Crippen LogP contribution in [0.3, 0.4) is 0 Å². The van der Waals surface area contributed by atoms with Crippen LogP contribution >= 0.6 is 0 Å². The van der Waals surface area contributed by atoms with Crippen LogP contribution in [0.2, 0.25) is 0 Å². The fraction of sp³-hybridized carbons (Fsp3) is 0.700. The molecular formula is C20H34O. The van der Waals surface area contributed by atoms with Crippen LogP contribution in [0, 0.1) is 11.3 Å². The monoisotopic (exact) mass is 290 g/mol. The van der Waals surface area contributed by atoms with Crippen LogP contribution < -0.4 is 0 Å². The van der Waals surface area contributed by atoms with Gasteiger partial charge < -0.3 is 5.11 Å². The van der Waals surface area contributed by atoms with E-state index in [4.69, 9.17) is 0 Å². The highest BCUT2D eigenvalue weighted by molar-refractivity contribution is 5.34. The number of rotatable bonds is 1. The Morgan fingerprint density at radius 1 is 1.10 bits per heavy atom. The Balaban J connectivity index is 0.000000240. The zero-order valence-corrected chi connectivity index (χ0v) is 15.1. The van der Waals surface area contributed by atoms with Crippen molar-refractivity contribution in [1.29, 1.82) is 0 Å². The summed E-state index contributed by atoms with van der Waals surface area (Å²) in [6.07, 6.45) is 5.13. The first-order valence-corrected chi connectivity index (χ1v) is 8.37. The molecule has 0 radical (unpaired) electrons. The van der Waals surface area contributed by atoms with Gasteiger partial charge in [-0.3, -0.25) is 0 Å². The number of benzene rings is 1. The minimum atomic E-state index is -0.562. The third kappa shape index (κ3) is 5.47. The lowest BCUT2D eigenvalue weighted by molar-refractivity contribution is -0.0238. The maximum absolute atomic E-state index is 9.35. The minimum Gasteiger partial charge on any atom is -0.390 e. The van der Waals surface area contributed by atoms with Crippen molar-refractivity contribution >= 4 is 0 Å². The van der Waals surface area contributed by atoms with Crippen LogP contribution in [-0.2, 0) is 19.3 Å². The van der Waals surface area contributed by atoms with Crippen molar-refractivity contribution in [2.75, 3.05) is 0 Å². The topological polar surface area (TPSA) is 20.2 Å². The van der Waals surface area contributed by atoms with Gasteiger partial charge in [-0.15, -0.1) is 0 Å². The van der Waals surface area contributed by atoms with Crippen LogP contribution in [0.4, 0.5) is 0 Å². The van der Waals surface area contributed by atoms with Gasteiger partial charge >= 0.3 is 0 Å². The Bertz CT molecular complexity index is 434. The molecule has 0 amide bonds. The molecule has 2 rings (SSSR count). The highest BCUT2D eigenvalue weighted by Gasteiger charge is 2.29. The lowest BCUT2D eigenvalue weighted by atomic mass is 9.79. The largest absolute Gasteiger partial charge is 0.390 e. The van der Waals surface area contributed by atoms with Gasteiger partial charge in [0, 0.05) is 0 Å². The van der Waals surface area contributed by atoms with Crippen LogP contribution in [0.25, 0.3) is 0 Å². The Labute approximate surface area is 131 Å². The maximum atomic E-state index is 9.35. The van der Waals surface area contributed by atoms with Gasteiger partial charge in [-0.1, -0.05) is 52.8 Å². The zero-order chi connectivity index (χ0) is 16.3. The third-order valence-corrected chi connectivity index (χ3v) is 4.99. The highest BCUT2D eigenvalue weighted by atomic mass is 16.3. The number of aryl methyl sites for hydroxylation is 2. The van der Waals surface area contributed by atoms with Gasteiger partial charge in [0.05, 0.1) is 5.60 Å². The quantitative estimate of drug-likeness (QED) is 0.756. The van der Waals surface area contributed by atoms with Crippen molar-refractivity contribution in [1.82, 2.24) is 0 Å². The first-order valence-electron chi connectivity index (χ1n) is 8.37. The highest BCUT2D eigenvalue weighted by Crippen LogP contribution is 2.28. The molecule has 1 unspecified atom stereocenters. The first kappa shape index (κ1) is 18.2. The molecule has 1 aromatic carbocycles. The molecule has 1 heteroatoms. The molecule has 0 spiro atoms. The molecule has 1 aromatic rings. The summed E-state index contributed by atoms with van der Waals surface area (Å²) in [6.45, 7) is 14.3. The lowest BCUT2D eigenvalue weighted by Gasteiger charge is -2.33. The fourth-order valence-electron chi connectivity index (χ4n) is 2.21. The Morgan fingerprint density at radius 2 is 1.67 bits per heavy atom. The molecule has 1 nitrogen and oxygen atoms in total. The number of fused-ring (bicyclic) bond motifs is 1. The molecule has 21 heavy (non-hydrogen) atoms. The van der Waals surface area contributed by atoms with Gasteiger partial charge in [0.25, 0.3) is 0 Å². The van der Waals surface area contributed by atoms with Crippen LogP contribution in [0.15, 0.2) is 18.2 Å². The zero-order valence-electron chi connectivity index (χ0n) is 15.1. The minimum absolute atomic E-state index is 0.00694. The lowest BCUT2D eigenvalue weighted by Crippen LogP contribution is -2.35. The molecule has 1 aliphatic rings. The van der Waals surface area contributed by atoms with Gasteiger partial charge in [-0.05, 0) is 67.6 Å². The molecule has 120 valence electrons. The average Bonchev–Trinajstić information content (AvgIpc) is 2.36. The normalized spacial score (nSPS) is 18.6. The third-order valence-electron chi connectivity index (χ3n) is 4.99. The summed E-state index contributed by atoms with van der Waals surface area (Å²) < 4.78 is 0. The molecule has 0 saturated carbocycles. The second kappa shape index (κ2) is 6.96. The van der Waals surface area contributed by atoms with E-state index in [0.717, 1.165) is 5.92 Å². The first-order chi connectivity index (χ1) is 9.54. The maximum Gasteiger partial charge on any atom is 0.0639 e. The number of hydrogen-bond acceptors (Lipinski definition) is 1. The summed E-state index contributed by atoms with van der Waals surface area (Å²) in [5, 5.41) is 9.35. The number of aliphatic hydroxyl groups is 1. The second-order valence-corrected chi connectivity index (χ2v) is 8.11. The fourth-order valence-corrected chi connectivity index (χ4v) is 2.21. The van der Waals surface area contributed by atoms with Crippen LogP contribution in [0.1, 0.15) is 71.6 Å². The molecule has 1 aliphatic carbocycles. The van der Waals surface area contributed by atoms with Gasteiger partial charge in [-0.2, -0.15) is 0 Å². The van der Waals surface area contributed by atoms with Crippen LogP contribution in [-0.4, -0.2) is 10.7 Å². The van der Waals surface area contributed by atoms with Gasteiger partial charge in [0.2, 0.25) is 0 Å². The number of hydrogen-bond donors (Lipinski definition) is 1. The van der Waals surface area contributed by atoms with Crippen molar-refractivity contribution < 1.29 is 5.11 Å². The van der Waals surface area contributed by atoms with E-state index in [1.54, 1.807) is 11.1 Å². The molecule has 0 bridgehead atoms. The van der Waals surface area contributed by atoms with Gasteiger partial charge in [0.15, 0.2) is 0 Å². The Hall–Kier alpha value is -0.820. The predicted octanol–water partition coefficient (Wildman–Crippen LogP) is 5.18. The molecular weight excluding hydrogens is 256 g/mol. The van der Waals surface area contributed by atoms with E-state index in [9.17, 15) is 5.11 Å². The Morgan fingerprint density at radius 3 is 2.14 bits per heavy atom. The summed E-state index contributed by atoms with van der Waals surface area (Å²) in [6, 6.07) is 7.03. The standard InChI is InChI=1S/C13H18.C7H16O/c1-3-11-5-7-12-6-4-10(2)8-13(12)9-11;1-6(2,3)7(4,5)8/h5,7,9-10H,3-4,6,8H2,1-2H3;8H,1-5H3. The van der Waals surface area contributed by atoms with E-state index >= 15 is 0 Å². The summed E-state index contributed by atoms with van der Waals surface area (Å²) in [7, 11) is 0. The van der Waals surface area contributed by atoms with E-state index in [0.29, 0.717) is 0 Å². The molecule has 0 saturated heterocycles. The SMILES string of the molecule is CC(C)(C)C(C)(C)O.CCc1ccc2c(c1)CC(C)CC2. The van der Waals surface area contributed by atoms with E-state index in [-0.39, 0.29) is 5.41 Å². The summed E-state index contributed by atoms with van der Waals surface area (Å²) in [5.41, 5.74) is 4.13. The van der Waals surface area contributed by atoms with Crippen molar-refractivity contribution in [3.8, 4) is 0 Å². The molecule has 0 fully saturated rings. The van der Waals surface area contributed by atoms with Crippen molar-refractivity contribution in [2.45, 2.75) is 79.8 Å². The van der Waals surface area contributed by atoms with Crippen LogP contribution in [0.5, 0.6) is 0 Å². The van der Waals surface area contributed by atoms with E-state index in [1.165, 1.54) is 31.2 Å². The van der Waals surface area contributed by atoms with E-state index < -0.39 is 5.60 Å². The van der Waals surface area contributed by atoms with Crippen molar-refractivity contribution in [3.63, 3.8) is 0 Å². The summed E-state index contributed by atoms with van der Waals surface area (Å²) in [4.78, 5) is 0. The smallest absolute Gasteiger partial charge is 0.0639 e. The Kier molecular flexibility index (Phi) is 6.04. The molecule has 1 atom stereocenters. The summed E-state index contributed by atoms with van der Waals surface area (Å²) >= 11 is 0. The van der Waals surface area contributed by atoms with Crippen molar-refractivity contribution in [2.24, 2.45) is 11.3 Å². The van der Waals surface area contributed by atoms with E-state index in [2.05, 4.69) is 32.0 Å². The molecule has 0 aliphatic heterocycles. The molecule has 1 N–H and O–H groups in total. The van der Waals surface area contributed by atoms with Gasteiger partial charge in [0.1, 0.15) is 0 Å². The molecule has 0 heterocycles. The van der Waals surface area contributed by atoms with Crippen molar-refractivity contribution in [3.05, 3.63) is 34.9 Å². The van der Waals surface area contributed by atoms with Gasteiger partial charge in [-0.25, -0.2) is 0 Å². The summed E-state index contributed by atoms with van der Waals surface area (Å²) in [5.74, 6) is 0.889. The molecule has 0 aromatic heterocycles.